The molecule has 9 nitrogen and oxygen atoms in total. The van der Waals surface area contributed by atoms with Crippen molar-refractivity contribution in [2.24, 2.45) is 0 Å². The lowest BCUT2D eigenvalue weighted by molar-refractivity contribution is 0.0947. The fourth-order valence-corrected chi connectivity index (χ4v) is 7.55. The number of carbonyl (C=O) groups excluding carboxylic acids is 1. The molecule has 0 saturated carbocycles. The molecule has 4 rings (SSSR count). The molecule has 0 radical (unpaired) electrons. The molecule has 2 aliphatic heterocycles. The lowest BCUT2D eigenvalue weighted by Crippen LogP contribution is -2.35. The predicted octanol–water partition coefficient (Wildman–Crippen LogP) is 2.60. The average Bonchev–Trinajstić information content (AvgIpc) is 3.44. The van der Waals surface area contributed by atoms with Crippen LogP contribution in [0.2, 0.25) is 0 Å². The molecule has 2 fully saturated rings. The van der Waals surface area contributed by atoms with Crippen LogP contribution in [0.3, 0.4) is 0 Å². The summed E-state index contributed by atoms with van der Waals surface area (Å²) in [6, 6.07) is 12.9. The predicted molar refractivity (Wildman–Crippen MR) is 137 cm³/mol. The highest BCUT2D eigenvalue weighted by molar-refractivity contribution is 7.89. The van der Waals surface area contributed by atoms with Crippen molar-refractivity contribution in [3.63, 3.8) is 0 Å². The number of ether oxygens (including phenoxy) is 1. The Morgan fingerprint density at radius 1 is 0.778 bits per heavy atom. The molecule has 2 aliphatic rings. The van der Waals surface area contributed by atoms with Crippen LogP contribution in [0.4, 0.5) is 0 Å². The molecule has 0 unspecified atom stereocenters. The molecule has 1 N–H and O–H groups in total. The number of rotatable bonds is 10. The second kappa shape index (κ2) is 11.7. The first-order valence-electron chi connectivity index (χ1n) is 12.3. The van der Waals surface area contributed by atoms with Gasteiger partial charge in [0.1, 0.15) is 12.4 Å². The number of amides is 1. The lowest BCUT2D eigenvalue weighted by atomic mass is 10.1. The molecule has 0 atom stereocenters. The minimum atomic E-state index is -3.48. The Morgan fingerprint density at radius 3 is 2.00 bits per heavy atom. The van der Waals surface area contributed by atoms with E-state index in [1.165, 1.54) is 8.61 Å². The van der Waals surface area contributed by atoms with Gasteiger partial charge in [0, 0.05) is 31.7 Å². The van der Waals surface area contributed by atoms with E-state index in [0.717, 1.165) is 32.1 Å². The molecule has 2 aromatic carbocycles. The SMILES string of the molecule is O=C(NCCOc1ccc(S(=O)(=O)N2CCCCC2)cc1)c1ccc(CS(=O)(=O)N2CCCC2)cc1. The molecule has 2 aromatic rings. The van der Waals surface area contributed by atoms with Gasteiger partial charge in [0.2, 0.25) is 20.0 Å². The summed E-state index contributed by atoms with van der Waals surface area (Å²) in [5, 5.41) is 2.77. The Balaban J connectivity index is 1.22. The van der Waals surface area contributed by atoms with Crippen LogP contribution < -0.4 is 10.1 Å². The van der Waals surface area contributed by atoms with Gasteiger partial charge in [0.05, 0.1) is 17.2 Å². The summed E-state index contributed by atoms with van der Waals surface area (Å²) in [5.41, 5.74) is 1.08. The zero-order chi connectivity index (χ0) is 25.6. The molecule has 196 valence electrons. The van der Waals surface area contributed by atoms with E-state index in [1.54, 1.807) is 48.5 Å². The fraction of sp³-hybridized carbons (Fsp3) is 0.480. The van der Waals surface area contributed by atoms with Crippen molar-refractivity contribution in [3.8, 4) is 5.75 Å². The maximum atomic E-state index is 12.7. The Morgan fingerprint density at radius 2 is 1.36 bits per heavy atom. The second-order valence-electron chi connectivity index (χ2n) is 9.10. The standard InChI is InChI=1S/C25H33N3O6S2/c29-25(22-8-6-21(7-9-22)20-35(30,31)27-15-4-5-16-27)26-14-19-34-23-10-12-24(13-11-23)36(32,33)28-17-2-1-3-18-28/h6-13H,1-5,14-20H2,(H,26,29). The summed E-state index contributed by atoms with van der Waals surface area (Å²) < 4.78 is 59.0. The monoisotopic (exact) mass is 535 g/mol. The molecule has 1 amide bonds. The third kappa shape index (κ3) is 6.64. The van der Waals surface area contributed by atoms with Crippen LogP contribution in [0, 0.1) is 0 Å². The summed E-state index contributed by atoms with van der Waals surface area (Å²) in [6.07, 6.45) is 4.62. The average molecular weight is 536 g/mol. The van der Waals surface area contributed by atoms with E-state index in [9.17, 15) is 21.6 Å². The first-order valence-corrected chi connectivity index (χ1v) is 15.4. The Kier molecular flexibility index (Phi) is 8.66. The number of sulfonamides is 2. The van der Waals surface area contributed by atoms with Crippen LogP contribution in [-0.4, -0.2) is 70.7 Å². The second-order valence-corrected chi connectivity index (χ2v) is 13.0. The molecule has 0 aliphatic carbocycles. The van der Waals surface area contributed by atoms with Crippen molar-refractivity contribution >= 4 is 26.0 Å². The highest BCUT2D eigenvalue weighted by Gasteiger charge is 2.26. The van der Waals surface area contributed by atoms with Crippen LogP contribution in [0.1, 0.15) is 48.0 Å². The minimum Gasteiger partial charge on any atom is -0.492 e. The fourth-order valence-electron chi connectivity index (χ4n) is 4.42. The Hall–Kier alpha value is -2.47. The molecule has 11 heteroatoms. The van der Waals surface area contributed by atoms with E-state index in [2.05, 4.69) is 5.32 Å². The van der Waals surface area contributed by atoms with Gasteiger partial charge in [0.25, 0.3) is 5.91 Å². The highest BCUT2D eigenvalue weighted by atomic mass is 32.2. The van der Waals surface area contributed by atoms with Crippen LogP contribution in [-0.2, 0) is 25.8 Å². The number of nitrogens with zero attached hydrogens (tertiary/aromatic N) is 2. The molecule has 2 heterocycles. The molecular weight excluding hydrogens is 502 g/mol. The van der Waals surface area contributed by atoms with Crippen molar-refractivity contribution in [3.05, 3.63) is 59.7 Å². The van der Waals surface area contributed by atoms with Gasteiger partial charge in [0.15, 0.2) is 0 Å². The van der Waals surface area contributed by atoms with Gasteiger partial charge in [-0.1, -0.05) is 18.6 Å². The minimum absolute atomic E-state index is 0.0686. The van der Waals surface area contributed by atoms with Crippen LogP contribution >= 0.6 is 0 Å². The van der Waals surface area contributed by atoms with Gasteiger partial charge in [-0.15, -0.1) is 0 Å². The van der Waals surface area contributed by atoms with E-state index in [4.69, 9.17) is 4.74 Å². The highest BCUT2D eigenvalue weighted by Crippen LogP contribution is 2.23. The van der Waals surface area contributed by atoms with Gasteiger partial charge in [-0.25, -0.2) is 21.1 Å². The number of benzene rings is 2. The third-order valence-electron chi connectivity index (χ3n) is 6.46. The zero-order valence-electron chi connectivity index (χ0n) is 20.3. The first-order chi connectivity index (χ1) is 17.3. The van der Waals surface area contributed by atoms with Gasteiger partial charge >= 0.3 is 0 Å². The van der Waals surface area contributed by atoms with E-state index < -0.39 is 20.0 Å². The van der Waals surface area contributed by atoms with Crippen molar-refractivity contribution in [1.82, 2.24) is 13.9 Å². The molecule has 36 heavy (non-hydrogen) atoms. The quantitative estimate of drug-likeness (QED) is 0.468. The molecule has 0 aromatic heterocycles. The Labute approximate surface area is 213 Å². The largest absolute Gasteiger partial charge is 0.492 e. The van der Waals surface area contributed by atoms with Crippen molar-refractivity contribution < 1.29 is 26.4 Å². The van der Waals surface area contributed by atoms with Gasteiger partial charge in [-0.2, -0.15) is 4.31 Å². The van der Waals surface area contributed by atoms with Gasteiger partial charge < -0.3 is 10.1 Å². The number of hydrogen-bond donors (Lipinski definition) is 1. The number of nitrogens with one attached hydrogen (secondary N) is 1. The van der Waals surface area contributed by atoms with Crippen LogP contribution in [0.5, 0.6) is 5.75 Å². The number of hydrogen-bond acceptors (Lipinski definition) is 6. The van der Waals surface area contributed by atoms with E-state index >= 15 is 0 Å². The molecular formula is C25H33N3O6S2. The number of piperidine rings is 1. The third-order valence-corrected chi connectivity index (χ3v) is 10.2. The normalized spacial score (nSPS) is 17.7. The summed E-state index contributed by atoms with van der Waals surface area (Å²) >= 11 is 0. The first kappa shape index (κ1) is 26.6. The summed E-state index contributed by atoms with van der Waals surface area (Å²) in [4.78, 5) is 12.7. The van der Waals surface area contributed by atoms with E-state index in [-0.39, 0.29) is 29.7 Å². The number of carbonyl (C=O) groups is 1. The van der Waals surface area contributed by atoms with Crippen molar-refractivity contribution in [2.45, 2.75) is 42.8 Å². The van der Waals surface area contributed by atoms with Crippen molar-refractivity contribution in [1.29, 1.82) is 0 Å². The maximum Gasteiger partial charge on any atom is 0.251 e. The summed E-state index contributed by atoms with van der Waals surface area (Å²) in [6.45, 7) is 2.74. The van der Waals surface area contributed by atoms with Gasteiger partial charge in [-0.3, -0.25) is 4.79 Å². The topological polar surface area (TPSA) is 113 Å². The molecule has 0 bridgehead atoms. The molecule has 2 saturated heterocycles. The van der Waals surface area contributed by atoms with E-state index in [0.29, 0.717) is 43.1 Å². The maximum absolute atomic E-state index is 12.7. The van der Waals surface area contributed by atoms with Crippen molar-refractivity contribution in [2.75, 3.05) is 39.3 Å². The van der Waals surface area contributed by atoms with Gasteiger partial charge in [-0.05, 0) is 67.6 Å². The smallest absolute Gasteiger partial charge is 0.251 e. The van der Waals surface area contributed by atoms with Crippen LogP contribution in [0.15, 0.2) is 53.4 Å². The Bertz CT molecular complexity index is 1230. The summed E-state index contributed by atoms with van der Waals surface area (Å²) in [5.74, 6) is 0.168. The summed E-state index contributed by atoms with van der Waals surface area (Å²) in [7, 11) is -6.81. The van der Waals surface area contributed by atoms with Crippen LogP contribution in [0.25, 0.3) is 0 Å². The molecule has 0 spiro atoms. The van der Waals surface area contributed by atoms with E-state index in [1.807, 2.05) is 0 Å². The zero-order valence-corrected chi connectivity index (χ0v) is 21.9. The lowest BCUT2D eigenvalue weighted by Gasteiger charge is -2.25.